The molecule has 0 aliphatic carbocycles. The van der Waals surface area contributed by atoms with Crippen LogP contribution in [-0.4, -0.2) is 22.4 Å². The fourth-order valence-electron chi connectivity index (χ4n) is 3.32. The van der Waals surface area contributed by atoms with Crippen LogP contribution >= 0.6 is 0 Å². The van der Waals surface area contributed by atoms with Crippen LogP contribution in [-0.2, 0) is 4.74 Å². The second-order valence-corrected chi connectivity index (χ2v) is 6.85. The fraction of sp³-hybridized carbons (Fsp3) is 0.800. The first-order valence-corrected chi connectivity index (χ1v) is 7.01. The fourth-order valence-corrected chi connectivity index (χ4v) is 3.32. The molecule has 0 radical (unpaired) electrons. The quantitative estimate of drug-likeness (QED) is 0.912. The molecule has 1 fully saturated rings. The van der Waals surface area contributed by atoms with Crippen LogP contribution in [0.25, 0.3) is 0 Å². The third kappa shape index (κ3) is 2.84. The molecule has 1 aliphatic heterocycles. The van der Waals surface area contributed by atoms with E-state index in [2.05, 4.69) is 45.1 Å². The monoisotopic (exact) mass is 266 g/mol. The van der Waals surface area contributed by atoms with Gasteiger partial charge in [0.15, 0.2) is 0 Å². The second-order valence-electron chi connectivity index (χ2n) is 6.85. The summed E-state index contributed by atoms with van der Waals surface area (Å²) >= 11 is 0. The number of aryl methyl sites for hydroxylation is 2. The molecule has 4 nitrogen and oxygen atoms in total. The lowest BCUT2D eigenvalue weighted by Crippen LogP contribution is -2.44. The van der Waals surface area contributed by atoms with Gasteiger partial charge in [0.25, 0.3) is 0 Å². The van der Waals surface area contributed by atoms with Crippen molar-refractivity contribution in [3.8, 4) is 0 Å². The zero-order valence-electron chi connectivity index (χ0n) is 13.1. The summed E-state index contributed by atoms with van der Waals surface area (Å²) in [6, 6.07) is 0.541. The molecule has 0 saturated carbocycles. The van der Waals surface area contributed by atoms with E-state index in [4.69, 9.17) is 9.26 Å². The first-order chi connectivity index (χ1) is 8.62. The highest BCUT2D eigenvalue weighted by Gasteiger charge is 2.46. The Kier molecular flexibility index (Phi) is 3.52. The highest BCUT2D eigenvalue weighted by Crippen LogP contribution is 2.38. The molecule has 2 unspecified atom stereocenters. The molecule has 2 atom stereocenters. The number of aromatic nitrogens is 1. The average Bonchev–Trinajstić information content (AvgIpc) is 2.64. The second kappa shape index (κ2) is 4.60. The molecule has 2 rings (SSSR count). The molecule has 0 bridgehead atoms. The maximum atomic E-state index is 6.13. The first kappa shape index (κ1) is 14.5. The predicted octanol–water partition coefficient (Wildman–Crippen LogP) is 3.29. The van der Waals surface area contributed by atoms with Crippen LogP contribution in [0.3, 0.4) is 0 Å². The highest BCUT2D eigenvalue weighted by atomic mass is 16.5. The van der Waals surface area contributed by atoms with Crippen molar-refractivity contribution in [1.82, 2.24) is 10.5 Å². The van der Waals surface area contributed by atoms with Gasteiger partial charge in [-0.05, 0) is 54.9 Å². The van der Waals surface area contributed by atoms with Gasteiger partial charge in [-0.3, -0.25) is 0 Å². The lowest BCUT2D eigenvalue weighted by atomic mass is 9.93. The van der Waals surface area contributed by atoms with Crippen molar-refractivity contribution in [1.29, 1.82) is 0 Å². The van der Waals surface area contributed by atoms with Crippen molar-refractivity contribution in [3.05, 3.63) is 17.0 Å². The van der Waals surface area contributed by atoms with Gasteiger partial charge in [-0.15, -0.1) is 0 Å². The summed E-state index contributed by atoms with van der Waals surface area (Å²) in [6.07, 6.45) is 1.01. The molecule has 1 N–H and O–H groups in total. The molecule has 1 aromatic rings. The summed E-state index contributed by atoms with van der Waals surface area (Å²) in [4.78, 5) is 0. The largest absolute Gasteiger partial charge is 0.368 e. The topological polar surface area (TPSA) is 47.3 Å². The van der Waals surface area contributed by atoms with E-state index in [1.807, 2.05) is 13.8 Å². The van der Waals surface area contributed by atoms with Crippen LogP contribution in [0.4, 0.5) is 0 Å². The van der Waals surface area contributed by atoms with Crippen LogP contribution in [0.1, 0.15) is 64.1 Å². The summed E-state index contributed by atoms with van der Waals surface area (Å²) in [6.45, 7) is 14.7. The zero-order chi connectivity index (χ0) is 14.4. The average molecular weight is 266 g/mol. The summed E-state index contributed by atoms with van der Waals surface area (Å²) in [5.74, 6) is 0.897. The lowest BCUT2D eigenvalue weighted by molar-refractivity contribution is -0.0704. The van der Waals surface area contributed by atoms with Crippen LogP contribution in [0, 0.1) is 13.8 Å². The standard InChI is InChI=1S/C15H26N2O2/c1-9(13-10(2)17-18-11(13)3)16-12-8-14(4,5)19-15(12,6)7/h9,12,16H,8H2,1-7H3. The van der Waals surface area contributed by atoms with Gasteiger partial charge in [-0.1, -0.05) is 5.16 Å². The maximum Gasteiger partial charge on any atom is 0.138 e. The molecule has 1 aliphatic rings. The number of nitrogens with one attached hydrogen (secondary N) is 1. The zero-order valence-corrected chi connectivity index (χ0v) is 13.1. The van der Waals surface area contributed by atoms with E-state index >= 15 is 0 Å². The van der Waals surface area contributed by atoms with Crippen LogP contribution < -0.4 is 5.32 Å². The summed E-state index contributed by atoms with van der Waals surface area (Å²) in [7, 11) is 0. The Morgan fingerprint density at radius 2 is 1.89 bits per heavy atom. The van der Waals surface area contributed by atoms with Crippen molar-refractivity contribution < 1.29 is 9.26 Å². The Bertz CT molecular complexity index is 443. The molecule has 0 spiro atoms. The Morgan fingerprint density at radius 1 is 1.26 bits per heavy atom. The minimum atomic E-state index is -0.156. The molecular weight excluding hydrogens is 240 g/mol. The van der Waals surface area contributed by atoms with E-state index in [1.165, 1.54) is 5.56 Å². The van der Waals surface area contributed by atoms with Crippen LogP contribution in [0.5, 0.6) is 0 Å². The van der Waals surface area contributed by atoms with Crippen molar-refractivity contribution in [2.75, 3.05) is 0 Å². The number of nitrogens with zero attached hydrogens (tertiary/aromatic N) is 1. The van der Waals surface area contributed by atoms with Gasteiger partial charge in [0.1, 0.15) is 5.76 Å². The van der Waals surface area contributed by atoms with Gasteiger partial charge in [0.2, 0.25) is 0 Å². The Labute approximate surface area is 115 Å². The molecule has 1 aromatic heterocycles. The van der Waals surface area contributed by atoms with Crippen molar-refractivity contribution >= 4 is 0 Å². The third-order valence-electron chi connectivity index (χ3n) is 4.05. The van der Waals surface area contributed by atoms with E-state index in [1.54, 1.807) is 0 Å². The lowest BCUT2D eigenvalue weighted by Gasteiger charge is -2.30. The summed E-state index contributed by atoms with van der Waals surface area (Å²) in [5.41, 5.74) is 1.91. The third-order valence-corrected chi connectivity index (χ3v) is 4.05. The van der Waals surface area contributed by atoms with Crippen LogP contribution in [0.15, 0.2) is 4.52 Å². The van der Waals surface area contributed by atoms with E-state index in [-0.39, 0.29) is 17.2 Å². The van der Waals surface area contributed by atoms with E-state index < -0.39 is 0 Å². The van der Waals surface area contributed by atoms with Crippen molar-refractivity contribution in [3.63, 3.8) is 0 Å². The molecule has 2 heterocycles. The SMILES string of the molecule is Cc1noc(C)c1C(C)NC1CC(C)(C)OC1(C)C. The van der Waals surface area contributed by atoms with E-state index in [9.17, 15) is 0 Å². The molecule has 0 aromatic carbocycles. The van der Waals surface area contributed by atoms with Gasteiger partial charge >= 0.3 is 0 Å². The minimum absolute atomic E-state index is 0.0698. The van der Waals surface area contributed by atoms with Gasteiger partial charge in [-0.2, -0.15) is 0 Å². The van der Waals surface area contributed by atoms with Crippen molar-refractivity contribution in [2.24, 2.45) is 0 Å². The van der Waals surface area contributed by atoms with E-state index in [0.717, 1.165) is 17.9 Å². The summed E-state index contributed by atoms with van der Waals surface area (Å²) in [5, 5.41) is 7.71. The molecule has 4 heteroatoms. The minimum Gasteiger partial charge on any atom is -0.368 e. The van der Waals surface area contributed by atoms with Gasteiger partial charge in [0.05, 0.1) is 16.9 Å². The number of rotatable bonds is 3. The highest BCUT2D eigenvalue weighted by molar-refractivity contribution is 5.24. The summed E-state index contributed by atoms with van der Waals surface area (Å²) < 4.78 is 11.4. The Morgan fingerprint density at radius 3 is 2.32 bits per heavy atom. The van der Waals surface area contributed by atoms with Gasteiger partial charge in [-0.25, -0.2) is 0 Å². The first-order valence-electron chi connectivity index (χ1n) is 7.01. The van der Waals surface area contributed by atoms with Crippen molar-refractivity contribution in [2.45, 2.75) is 78.2 Å². The molecular formula is C15H26N2O2. The normalized spacial score (nSPS) is 26.6. The molecule has 1 saturated heterocycles. The predicted molar refractivity (Wildman–Crippen MR) is 75.2 cm³/mol. The van der Waals surface area contributed by atoms with E-state index in [0.29, 0.717) is 6.04 Å². The Hall–Kier alpha value is -0.870. The molecule has 19 heavy (non-hydrogen) atoms. The molecule has 0 amide bonds. The Balaban J connectivity index is 2.14. The molecule has 108 valence electrons. The maximum absolute atomic E-state index is 6.13. The smallest absolute Gasteiger partial charge is 0.138 e. The van der Waals surface area contributed by atoms with Gasteiger partial charge < -0.3 is 14.6 Å². The van der Waals surface area contributed by atoms with Gasteiger partial charge in [0, 0.05) is 17.6 Å². The number of hydrogen-bond acceptors (Lipinski definition) is 4. The van der Waals surface area contributed by atoms with Crippen LogP contribution in [0.2, 0.25) is 0 Å². The number of hydrogen-bond donors (Lipinski definition) is 1. The number of ether oxygens (including phenoxy) is 1.